The topological polar surface area (TPSA) is 29.1 Å². The van der Waals surface area contributed by atoms with E-state index in [-0.39, 0.29) is 0 Å². The van der Waals surface area contributed by atoms with E-state index in [2.05, 4.69) is 11.4 Å². The van der Waals surface area contributed by atoms with Crippen molar-refractivity contribution >= 4 is 5.91 Å². The van der Waals surface area contributed by atoms with Crippen LogP contribution in [0.3, 0.4) is 0 Å². The second-order valence-corrected chi connectivity index (χ2v) is 2.54. The summed E-state index contributed by atoms with van der Waals surface area (Å²) in [5, 5.41) is 2.12. The summed E-state index contributed by atoms with van der Waals surface area (Å²) >= 11 is 0. The summed E-state index contributed by atoms with van der Waals surface area (Å²) in [7, 11) is 1.27. The summed E-state index contributed by atoms with van der Waals surface area (Å²) in [5.74, 6) is -0.794. The number of carbonyl (C=O) groups is 1. The summed E-state index contributed by atoms with van der Waals surface area (Å²) in [4.78, 5) is 11.0. The van der Waals surface area contributed by atoms with Gasteiger partial charge in [-0.05, 0) is 12.1 Å². The van der Waals surface area contributed by atoms with Gasteiger partial charge in [0.05, 0.1) is 11.1 Å². The summed E-state index contributed by atoms with van der Waals surface area (Å²) in [5.41, 5.74) is -1.46. The first-order valence-electron chi connectivity index (χ1n) is 3.77. The van der Waals surface area contributed by atoms with Crippen molar-refractivity contribution in [2.24, 2.45) is 0 Å². The van der Waals surface area contributed by atoms with E-state index in [1.54, 1.807) is 0 Å². The Balaban J connectivity index is 3.23. The van der Waals surface area contributed by atoms with E-state index in [4.69, 9.17) is 0 Å². The third-order valence-electron chi connectivity index (χ3n) is 1.62. The smallest absolute Gasteiger partial charge is 0.355 e. The number of hydrogen-bond acceptors (Lipinski definition) is 1. The van der Waals surface area contributed by atoms with Crippen molar-refractivity contribution in [3.63, 3.8) is 0 Å². The van der Waals surface area contributed by atoms with Crippen LogP contribution in [0.25, 0.3) is 0 Å². The number of halogens is 3. The lowest BCUT2D eigenvalue weighted by Gasteiger charge is -2.10. The molecule has 1 rings (SSSR count). The highest BCUT2D eigenvalue weighted by Crippen LogP contribution is 2.31. The molecule has 1 aromatic rings. The maximum Gasteiger partial charge on any atom is 0.417 e. The number of carbonyl (C=O) groups excluding carboxylic acids is 1. The molecule has 0 spiro atoms. The van der Waals surface area contributed by atoms with E-state index in [0.717, 1.165) is 6.07 Å². The molecule has 5 heteroatoms. The van der Waals surface area contributed by atoms with E-state index < -0.39 is 23.2 Å². The zero-order valence-electron chi connectivity index (χ0n) is 7.27. The molecule has 0 aliphatic heterocycles. The molecule has 1 amide bonds. The average Bonchev–Trinajstić information content (AvgIpc) is 2.15. The Morgan fingerprint density at radius 3 is 2.64 bits per heavy atom. The van der Waals surface area contributed by atoms with Gasteiger partial charge in [0.15, 0.2) is 0 Å². The van der Waals surface area contributed by atoms with Gasteiger partial charge in [0.2, 0.25) is 0 Å². The van der Waals surface area contributed by atoms with Crippen molar-refractivity contribution in [3.8, 4) is 0 Å². The third kappa shape index (κ3) is 2.04. The first kappa shape index (κ1) is 10.6. The molecule has 1 radical (unpaired) electrons. The van der Waals surface area contributed by atoms with Gasteiger partial charge in [-0.3, -0.25) is 4.79 Å². The lowest BCUT2D eigenvalue weighted by molar-refractivity contribution is -0.137. The first-order valence-corrected chi connectivity index (χ1v) is 3.77. The number of rotatable bonds is 1. The van der Waals surface area contributed by atoms with Crippen LogP contribution < -0.4 is 5.32 Å². The summed E-state index contributed by atoms with van der Waals surface area (Å²) < 4.78 is 37.0. The predicted octanol–water partition coefficient (Wildman–Crippen LogP) is 1.87. The molecule has 0 aliphatic carbocycles. The van der Waals surface area contributed by atoms with Gasteiger partial charge in [-0.2, -0.15) is 13.2 Å². The van der Waals surface area contributed by atoms with Gasteiger partial charge in [-0.15, -0.1) is 0 Å². The molecule has 0 saturated heterocycles. The van der Waals surface area contributed by atoms with Crippen LogP contribution in [0.4, 0.5) is 13.2 Å². The number of benzene rings is 1. The molecular formula is C9H7F3NO. The van der Waals surface area contributed by atoms with Crippen molar-refractivity contribution in [1.82, 2.24) is 5.32 Å². The van der Waals surface area contributed by atoms with Gasteiger partial charge in [0, 0.05) is 7.05 Å². The number of amides is 1. The van der Waals surface area contributed by atoms with Crippen LogP contribution in [0, 0.1) is 6.07 Å². The second kappa shape index (κ2) is 3.69. The molecule has 0 saturated carbocycles. The monoisotopic (exact) mass is 202 g/mol. The predicted molar refractivity (Wildman–Crippen MR) is 43.7 cm³/mol. The van der Waals surface area contributed by atoms with Crippen LogP contribution in [-0.2, 0) is 6.18 Å². The first-order chi connectivity index (χ1) is 6.46. The zero-order chi connectivity index (χ0) is 10.8. The normalized spacial score (nSPS) is 11.1. The summed E-state index contributed by atoms with van der Waals surface area (Å²) in [6.45, 7) is 0. The molecule has 0 unspecified atom stereocenters. The van der Waals surface area contributed by atoms with Crippen molar-refractivity contribution in [1.29, 1.82) is 0 Å². The minimum Gasteiger partial charge on any atom is -0.355 e. The minimum atomic E-state index is -4.53. The molecule has 0 fully saturated rings. The SMILES string of the molecule is CNC(=O)c1[c]cccc1C(F)(F)F. The summed E-state index contributed by atoms with van der Waals surface area (Å²) in [6, 6.07) is 5.56. The van der Waals surface area contributed by atoms with Crippen LogP contribution in [0.5, 0.6) is 0 Å². The van der Waals surface area contributed by atoms with E-state index in [1.807, 2.05) is 0 Å². The highest BCUT2D eigenvalue weighted by molar-refractivity contribution is 5.95. The molecule has 0 bridgehead atoms. The molecule has 0 aromatic heterocycles. The van der Waals surface area contributed by atoms with Crippen LogP contribution in [-0.4, -0.2) is 13.0 Å². The fourth-order valence-electron chi connectivity index (χ4n) is 0.986. The maximum atomic E-state index is 12.3. The number of alkyl halides is 3. The van der Waals surface area contributed by atoms with Crippen molar-refractivity contribution in [3.05, 3.63) is 35.4 Å². The Kier molecular flexibility index (Phi) is 2.78. The van der Waals surface area contributed by atoms with Gasteiger partial charge in [-0.25, -0.2) is 0 Å². The van der Waals surface area contributed by atoms with Gasteiger partial charge >= 0.3 is 6.18 Å². The molecule has 14 heavy (non-hydrogen) atoms. The van der Waals surface area contributed by atoms with Crippen LogP contribution in [0.15, 0.2) is 18.2 Å². The highest BCUT2D eigenvalue weighted by Gasteiger charge is 2.34. The van der Waals surface area contributed by atoms with Gasteiger partial charge in [-0.1, -0.05) is 12.1 Å². The number of nitrogens with one attached hydrogen (secondary N) is 1. The van der Waals surface area contributed by atoms with E-state index in [1.165, 1.54) is 19.2 Å². The van der Waals surface area contributed by atoms with Crippen molar-refractivity contribution in [2.75, 3.05) is 7.05 Å². The Hall–Kier alpha value is -1.52. The van der Waals surface area contributed by atoms with Gasteiger partial charge < -0.3 is 5.32 Å². The van der Waals surface area contributed by atoms with Crippen molar-refractivity contribution < 1.29 is 18.0 Å². The van der Waals surface area contributed by atoms with Crippen molar-refractivity contribution in [2.45, 2.75) is 6.18 Å². The molecule has 1 aromatic carbocycles. The second-order valence-electron chi connectivity index (χ2n) is 2.54. The van der Waals surface area contributed by atoms with Crippen LogP contribution in [0.2, 0.25) is 0 Å². The third-order valence-corrected chi connectivity index (χ3v) is 1.62. The molecule has 0 aliphatic rings. The quantitative estimate of drug-likeness (QED) is 0.739. The average molecular weight is 202 g/mol. The van der Waals surface area contributed by atoms with Gasteiger partial charge in [0.25, 0.3) is 5.91 Å². The van der Waals surface area contributed by atoms with Crippen LogP contribution in [0.1, 0.15) is 15.9 Å². The van der Waals surface area contributed by atoms with E-state index in [0.29, 0.717) is 0 Å². The fraction of sp³-hybridized carbons (Fsp3) is 0.222. The lowest BCUT2D eigenvalue weighted by Crippen LogP contribution is -2.22. The molecular weight excluding hydrogens is 195 g/mol. The molecule has 1 N–H and O–H groups in total. The Morgan fingerprint density at radius 1 is 1.50 bits per heavy atom. The van der Waals surface area contributed by atoms with Crippen LogP contribution >= 0.6 is 0 Å². The standard InChI is InChI=1S/C9H7F3NO/c1-13-8(14)6-4-2-3-5-7(6)9(10,11)12/h2-3,5H,1H3,(H,13,14). The highest BCUT2D eigenvalue weighted by atomic mass is 19.4. The zero-order valence-corrected chi connectivity index (χ0v) is 7.27. The molecule has 2 nitrogen and oxygen atoms in total. The Bertz CT molecular complexity index is 346. The molecule has 0 atom stereocenters. The maximum absolute atomic E-state index is 12.3. The largest absolute Gasteiger partial charge is 0.417 e. The van der Waals surface area contributed by atoms with E-state index >= 15 is 0 Å². The Morgan fingerprint density at radius 2 is 2.14 bits per heavy atom. The lowest BCUT2D eigenvalue weighted by atomic mass is 10.1. The summed E-state index contributed by atoms with van der Waals surface area (Å²) in [6.07, 6.45) is -4.53. The van der Waals surface area contributed by atoms with Gasteiger partial charge in [0.1, 0.15) is 0 Å². The fourth-order valence-corrected chi connectivity index (χ4v) is 0.986. The number of hydrogen-bond donors (Lipinski definition) is 1. The van der Waals surface area contributed by atoms with E-state index in [9.17, 15) is 18.0 Å². The Labute approximate surface area is 78.7 Å². The molecule has 75 valence electrons. The minimum absolute atomic E-state index is 0.484. The molecule has 0 heterocycles.